The molecule has 1 N–H and O–H groups in total. The number of aromatic nitrogens is 1. The molecule has 2 aromatic rings. The summed E-state index contributed by atoms with van der Waals surface area (Å²) in [5, 5.41) is 3.27. The topological polar surface area (TPSA) is 34.0 Å². The molecule has 18 heavy (non-hydrogen) atoms. The van der Waals surface area contributed by atoms with E-state index in [2.05, 4.69) is 37.2 Å². The summed E-state index contributed by atoms with van der Waals surface area (Å²) in [4.78, 5) is 11.7. The van der Waals surface area contributed by atoms with Crippen molar-refractivity contribution < 1.29 is 0 Å². The molecular weight excluding hydrogens is 360 g/mol. The lowest BCUT2D eigenvalue weighted by molar-refractivity contribution is 0.694. The van der Waals surface area contributed by atoms with Crippen molar-refractivity contribution in [3.8, 4) is 0 Å². The van der Waals surface area contributed by atoms with Crippen molar-refractivity contribution in [3.05, 3.63) is 61.9 Å². The molecule has 0 bridgehead atoms. The van der Waals surface area contributed by atoms with Crippen LogP contribution in [0.15, 0.2) is 56.3 Å². The molecule has 0 aliphatic heterocycles. The number of hydrogen-bond donors (Lipinski definition) is 1. The van der Waals surface area contributed by atoms with Crippen LogP contribution in [-0.4, -0.2) is 11.1 Å². The molecule has 3 nitrogen and oxygen atoms in total. The van der Waals surface area contributed by atoms with Gasteiger partial charge < -0.3 is 9.88 Å². The molecule has 0 saturated heterocycles. The van der Waals surface area contributed by atoms with Gasteiger partial charge in [-0.25, -0.2) is 0 Å². The molecule has 0 unspecified atom stereocenters. The zero-order chi connectivity index (χ0) is 13.0. The molecule has 0 radical (unpaired) electrons. The number of nitrogens with one attached hydrogen (secondary N) is 1. The molecule has 0 fully saturated rings. The zero-order valence-corrected chi connectivity index (χ0v) is 12.7. The summed E-state index contributed by atoms with van der Waals surface area (Å²) < 4.78 is 3.32. The predicted molar refractivity (Wildman–Crippen MR) is 81.0 cm³/mol. The molecular formula is C13H12Br2N2O. The van der Waals surface area contributed by atoms with E-state index < -0.39 is 0 Å². The number of pyridine rings is 1. The number of benzene rings is 1. The van der Waals surface area contributed by atoms with Gasteiger partial charge in [0.1, 0.15) is 0 Å². The van der Waals surface area contributed by atoms with Gasteiger partial charge >= 0.3 is 0 Å². The molecule has 0 aliphatic carbocycles. The van der Waals surface area contributed by atoms with E-state index in [1.165, 1.54) is 0 Å². The van der Waals surface area contributed by atoms with Crippen LogP contribution in [0.4, 0.5) is 5.69 Å². The molecule has 0 spiro atoms. The Labute approximate surface area is 122 Å². The first-order valence-electron chi connectivity index (χ1n) is 5.51. The Morgan fingerprint density at radius 1 is 1.11 bits per heavy atom. The number of anilines is 1. The van der Waals surface area contributed by atoms with Crippen molar-refractivity contribution in [3.63, 3.8) is 0 Å². The van der Waals surface area contributed by atoms with E-state index in [1.807, 2.05) is 30.3 Å². The van der Waals surface area contributed by atoms with Crippen LogP contribution in [0.2, 0.25) is 0 Å². The molecule has 5 heteroatoms. The van der Waals surface area contributed by atoms with Gasteiger partial charge in [0.05, 0.1) is 4.47 Å². The third-order valence-corrected chi connectivity index (χ3v) is 3.63. The number of rotatable bonds is 4. The third kappa shape index (κ3) is 3.46. The van der Waals surface area contributed by atoms with Crippen LogP contribution in [0.1, 0.15) is 0 Å². The molecule has 94 valence electrons. The highest BCUT2D eigenvalue weighted by molar-refractivity contribution is 9.10. The third-order valence-electron chi connectivity index (χ3n) is 2.50. The minimum absolute atomic E-state index is 0.00453. The minimum atomic E-state index is -0.00453. The molecule has 1 aromatic heterocycles. The Bertz CT molecular complexity index is 578. The second-order valence-corrected chi connectivity index (χ2v) is 5.56. The van der Waals surface area contributed by atoms with Crippen molar-refractivity contribution in [1.29, 1.82) is 0 Å². The van der Waals surface area contributed by atoms with E-state index in [-0.39, 0.29) is 5.56 Å². The number of nitrogens with zero attached hydrogens (tertiary/aromatic N) is 1. The summed E-state index contributed by atoms with van der Waals surface area (Å²) >= 11 is 6.62. The van der Waals surface area contributed by atoms with E-state index in [1.54, 1.807) is 16.8 Å². The number of halogens is 2. The van der Waals surface area contributed by atoms with Gasteiger partial charge in [0.15, 0.2) is 0 Å². The molecule has 0 amide bonds. The van der Waals surface area contributed by atoms with Gasteiger partial charge in [0, 0.05) is 29.4 Å². The minimum Gasteiger partial charge on any atom is -0.383 e. The van der Waals surface area contributed by atoms with E-state index >= 15 is 0 Å². The van der Waals surface area contributed by atoms with Gasteiger partial charge in [-0.3, -0.25) is 4.79 Å². The molecule has 2 rings (SSSR count). The fourth-order valence-electron chi connectivity index (χ4n) is 1.57. The monoisotopic (exact) mass is 370 g/mol. The Hall–Kier alpha value is -1.07. The van der Waals surface area contributed by atoms with Gasteiger partial charge in [-0.2, -0.15) is 0 Å². The summed E-state index contributed by atoms with van der Waals surface area (Å²) in [5.74, 6) is 0. The largest absolute Gasteiger partial charge is 0.383 e. The summed E-state index contributed by atoms with van der Waals surface area (Å²) in [6.07, 6.45) is 1.79. The summed E-state index contributed by atoms with van der Waals surface area (Å²) in [7, 11) is 0. The van der Waals surface area contributed by atoms with Crippen LogP contribution in [0.5, 0.6) is 0 Å². The maximum Gasteiger partial charge on any atom is 0.264 e. The van der Waals surface area contributed by atoms with Crippen LogP contribution in [0, 0.1) is 0 Å². The van der Waals surface area contributed by atoms with Crippen molar-refractivity contribution in [2.45, 2.75) is 6.54 Å². The average Bonchev–Trinajstić information content (AvgIpc) is 2.37. The smallest absolute Gasteiger partial charge is 0.264 e. The maximum atomic E-state index is 11.7. The Balaban J connectivity index is 1.94. The zero-order valence-electron chi connectivity index (χ0n) is 9.57. The molecule has 1 heterocycles. The molecule has 0 aliphatic rings. The Morgan fingerprint density at radius 3 is 2.56 bits per heavy atom. The van der Waals surface area contributed by atoms with Crippen molar-refractivity contribution in [2.24, 2.45) is 0 Å². The first-order chi connectivity index (χ1) is 8.66. The Kier molecular flexibility index (Phi) is 4.60. The van der Waals surface area contributed by atoms with Crippen LogP contribution >= 0.6 is 31.9 Å². The lowest BCUT2D eigenvalue weighted by Gasteiger charge is -2.08. The predicted octanol–water partition coefficient (Wildman–Crippen LogP) is 3.49. The van der Waals surface area contributed by atoms with Gasteiger partial charge in [-0.1, -0.05) is 15.9 Å². The first-order valence-corrected chi connectivity index (χ1v) is 7.10. The van der Waals surface area contributed by atoms with Crippen molar-refractivity contribution >= 4 is 37.5 Å². The SMILES string of the molecule is O=c1c(Br)cccn1CCNc1ccc(Br)cc1. The highest BCUT2D eigenvalue weighted by Gasteiger charge is 1.99. The lowest BCUT2D eigenvalue weighted by atomic mass is 10.3. The van der Waals surface area contributed by atoms with Crippen LogP contribution in [0.25, 0.3) is 0 Å². The second kappa shape index (κ2) is 6.20. The van der Waals surface area contributed by atoms with Gasteiger partial charge in [-0.05, 0) is 52.3 Å². The highest BCUT2D eigenvalue weighted by Crippen LogP contribution is 2.13. The van der Waals surface area contributed by atoms with Crippen LogP contribution in [-0.2, 0) is 6.54 Å². The summed E-state index contributed by atoms with van der Waals surface area (Å²) in [6, 6.07) is 11.6. The Morgan fingerprint density at radius 2 is 1.83 bits per heavy atom. The van der Waals surface area contributed by atoms with Crippen molar-refractivity contribution in [1.82, 2.24) is 4.57 Å². The van der Waals surface area contributed by atoms with E-state index in [0.29, 0.717) is 17.6 Å². The second-order valence-electron chi connectivity index (χ2n) is 3.79. The van der Waals surface area contributed by atoms with E-state index in [9.17, 15) is 4.79 Å². The van der Waals surface area contributed by atoms with Gasteiger partial charge in [0.25, 0.3) is 5.56 Å². The molecule has 0 saturated carbocycles. The summed E-state index contributed by atoms with van der Waals surface area (Å²) in [6.45, 7) is 1.34. The first kappa shape index (κ1) is 13.4. The van der Waals surface area contributed by atoms with Gasteiger partial charge in [0.2, 0.25) is 0 Å². The van der Waals surface area contributed by atoms with Crippen LogP contribution < -0.4 is 10.9 Å². The average molecular weight is 372 g/mol. The fourth-order valence-corrected chi connectivity index (χ4v) is 2.22. The van der Waals surface area contributed by atoms with Crippen LogP contribution in [0.3, 0.4) is 0 Å². The standard InChI is InChI=1S/C13H12Br2N2O/c14-10-3-5-11(6-4-10)16-7-9-17-8-1-2-12(15)13(17)18/h1-6,8,16H,7,9H2. The van der Waals surface area contributed by atoms with Crippen molar-refractivity contribution in [2.75, 3.05) is 11.9 Å². The fraction of sp³-hybridized carbons (Fsp3) is 0.154. The van der Waals surface area contributed by atoms with E-state index in [0.717, 1.165) is 10.2 Å². The lowest BCUT2D eigenvalue weighted by Crippen LogP contribution is -2.23. The van der Waals surface area contributed by atoms with E-state index in [4.69, 9.17) is 0 Å². The number of hydrogen-bond acceptors (Lipinski definition) is 2. The normalized spacial score (nSPS) is 10.3. The summed E-state index contributed by atoms with van der Waals surface area (Å²) in [5.41, 5.74) is 1.04. The van der Waals surface area contributed by atoms with Gasteiger partial charge in [-0.15, -0.1) is 0 Å². The molecule has 1 aromatic carbocycles. The highest BCUT2D eigenvalue weighted by atomic mass is 79.9. The molecule has 0 atom stereocenters. The quantitative estimate of drug-likeness (QED) is 0.892. The maximum absolute atomic E-state index is 11.7.